The summed E-state index contributed by atoms with van der Waals surface area (Å²) in [5.41, 5.74) is 1.34. The van der Waals surface area contributed by atoms with Gasteiger partial charge in [0.2, 0.25) is 0 Å². The molecule has 0 radical (unpaired) electrons. The van der Waals surface area contributed by atoms with Crippen LogP contribution in [0.2, 0.25) is 0 Å². The van der Waals surface area contributed by atoms with Gasteiger partial charge < -0.3 is 5.11 Å². The second kappa shape index (κ2) is 6.07. The minimum Gasteiger partial charge on any atom is -0.481 e. The number of carbonyl (C=O) groups is 1. The van der Waals surface area contributed by atoms with Gasteiger partial charge in [0.1, 0.15) is 0 Å². The highest BCUT2D eigenvalue weighted by Gasteiger charge is 2.33. The van der Waals surface area contributed by atoms with Crippen molar-refractivity contribution in [2.45, 2.75) is 65.2 Å². The first kappa shape index (κ1) is 13.3. The molecule has 1 rings (SSSR count). The predicted molar refractivity (Wildman–Crippen MR) is 66.4 cm³/mol. The lowest BCUT2D eigenvalue weighted by atomic mass is 9.78. The van der Waals surface area contributed by atoms with Gasteiger partial charge in [-0.25, -0.2) is 0 Å². The molecule has 0 saturated carbocycles. The van der Waals surface area contributed by atoms with Crippen LogP contribution in [0.15, 0.2) is 11.6 Å². The zero-order chi connectivity index (χ0) is 12.0. The van der Waals surface area contributed by atoms with E-state index in [2.05, 4.69) is 19.9 Å². The van der Waals surface area contributed by atoms with Crippen molar-refractivity contribution >= 4 is 5.97 Å². The highest BCUT2D eigenvalue weighted by Crippen LogP contribution is 2.43. The maximum Gasteiger partial charge on any atom is 0.304 e. The van der Waals surface area contributed by atoms with E-state index in [1.54, 1.807) is 0 Å². The van der Waals surface area contributed by atoms with Crippen LogP contribution in [0.4, 0.5) is 0 Å². The van der Waals surface area contributed by atoms with Gasteiger partial charge in [0.15, 0.2) is 0 Å². The first-order valence-electron chi connectivity index (χ1n) is 6.50. The van der Waals surface area contributed by atoms with Crippen molar-refractivity contribution in [3.63, 3.8) is 0 Å². The fraction of sp³-hybridized carbons (Fsp3) is 0.786. The molecule has 1 N–H and O–H groups in total. The van der Waals surface area contributed by atoms with Crippen LogP contribution in [-0.2, 0) is 4.79 Å². The molecule has 2 heteroatoms. The molecule has 2 nitrogen and oxygen atoms in total. The van der Waals surface area contributed by atoms with Gasteiger partial charge in [-0.2, -0.15) is 0 Å². The van der Waals surface area contributed by atoms with E-state index in [4.69, 9.17) is 5.11 Å². The van der Waals surface area contributed by atoms with Crippen LogP contribution in [-0.4, -0.2) is 11.1 Å². The van der Waals surface area contributed by atoms with Crippen LogP contribution in [0, 0.1) is 5.41 Å². The molecule has 0 fully saturated rings. The standard InChI is InChI=1S/C14H24O2/c1-3-4-5-6-8-12-9-7-10-14(12,2)11-13(15)16/h9H,3-8,10-11H2,1-2H3,(H,15,16)/t14-/m1/s1. The quantitative estimate of drug-likeness (QED) is 0.521. The molecular weight excluding hydrogens is 200 g/mol. The summed E-state index contributed by atoms with van der Waals surface area (Å²) in [7, 11) is 0. The molecular formula is C14H24O2. The van der Waals surface area contributed by atoms with Gasteiger partial charge >= 0.3 is 5.97 Å². The first-order chi connectivity index (χ1) is 7.58. The Bertz CT molecular complexity index is 268. The average molecular weight is 224 g/mol. The van der Waals surface area contributed by atoms with Crippen molar-refractivity contribution in [2.75, 3.05) is 0 Å². The molecule has 0 amide bonds. The molecule has 1 aliphatic rings. The van der Waals surface area contributed by atoms with Gasteiger partial charge in [0, 0.05) is 0 Å². The van der Waals surface area contributed by atoms with Crippen LogP contribution in [0.3, 0.4) is 0 Å². The fourth-order valence-electron chi connectivity index (χ4n) is 2.65. The Kier molecular flexibility index (Phi) is 5.04. The van der Waals surface area contributed by atoms with Crippen molar-refractivity contribution in [2.24, 2.45) is 5.41 Å². The predicted octanol–water partition coefficient (Wildman–Crippen LogP) is 4.16. The van der Waals surface area contributed by atoms with E-state index in [0.717, 1.165) is 19.3 Å². The van der Waals surface area contributed by atoms with E-state index in [9.17, 15) is 4.79 Å². The Hall–Kier alpha value is -0.790. The van der Waals surface area contributed by atoms with Crippen LogP contribution >= 0.6 is 0 Å². The maximum absolute atomic E-state index is 10.9. The van der Waals surface area contributed by atoms with Crippen molar-refractivity contribution in [1.82, 2.24) is 0 Å². The molecule has 0 aromatic carbocycles. The van der Waals surface area contributed by atoms with Gasteiger partial charge in [-0.15, -0.1) is 0 Å². The van der Waals surface area contributed by atoms with Gasteiger partial charge in [0.25, 0.3) is 0 Å². The lowest BCUT2D eigenvalue weighted by Crippen LogP contribution is -2.20. The first-order valence-corrected chi connectivity index (χ1v) is 6.50. The third kappa shape index (κ3) is 3.66. The summed E-state index contributed by atoms with van der Waals surface area (Å²) >= 11 is 0. The second-order valence-electron chi connectivity index (χ2n) is 5.21. The maximum atomic E-state index is 10.9. The third-order valence-electron chi connectivity index (χ3n) is 3.70. The molecule has 0 aromatic rings. The molecule has 0 spiro atoms. The number of carboxylic acids is 1. The summed E-state index contributed by atoms with van der Waals surface area (Å²) < 4.78 is 0. The Morgan fingerprint density at radius 3 is 2.81 bits per heavy atom. The normalized spacial score (nSPS) is 24.5. The van der Waals surface area contributed by atoms with Crippen LogP contribution in [0.5, 0.6) is 0 Å². The summed E-state index contributed by atoms with van der Waals surface area (Å²) in [5.74, 6) is -0.663. The number of aliphatic carboxylic acids is 1. The summed E-state index contributed by atoms with van der Waals surface area (Å²) in [6.07, 6.45) is 10.8. The lowest BCUT2D eigenvalue weighted by molar-refractivity contribution is -0.139. The monoisotopic (exact) mass is 224 g/mol. The number of hydrogen-bond donors (Lipinski definition) is 1. The van der Waals surface area contributed by atoms with Crippen molar-refractivity contribution < 1.29 is 9.90 Å². The fourth-order valence-corrected chi connectivity index (χ4v) is 2.65. The molecule has 1 atom stereocenters. The molecule has 0 aliphatic heterocycles. The molecule has 0 heterocycles. The Balaban J connectivity index is 2.42. The summed E-state index contributed by atoms with van der Waals surface area (Å²) in [6.45, 7) is 4.32. The van der Waals surface area contributed by atoms with Crippen LogP contribution in [0.25, 0.3) is 0 Å². The molecule has 16 heavy (non-hydrogen) atoms. The van der Waals surface area contributed by atoms with E-state index in [-0.39, 0.29) is 5.41 Å². The highest BCUT2D eigenvalue weighted by atomic mass is 16.4. The molecule has 0 saturated heterocycles. The van der Waals surface area contributed by atoms with Gasteiger partial charge in [-0.05, 0) is 31.1 Å². The van der Waals surface area contributed by atoms with E-state index < -0.39 is 5.97 Å². The zero-order valence-corrected chi connectivity index (χ0v) is 10.6. The third-order valence-corrected chi connectivity index (χ3v) is 3.70. The second-order valence-corrected chi connectivity index (χ2v) is 5.21. The number of hydrogen-bond acceptors (Lipinski definition) is 1. The summed E-state index contributed by atoms with van der Waals surface area (Å²) in [4.78, 5) is 10.9. The minimum atomic E-state index is -0.663. The van der Waals surface area contributed by atoms with Gasteiger partial charge in [-0.1, -0.05) is 44.8 Å². The molecule has 92 valence electrons. The van der Waals surface area contributed by atoms with Crippen molar-refractivity contribution in [3.05, 3.63) is 11.6 Å². The van der Waals surface area contributed by atoms with Gasteiger partial charge in [0.05, 0.1) is 6.42 Å². The lowest BCUT2D eigenvalue weighted by Gasteiger charge is -2.26. The molecule has 0 aromatic heterocycles. The van der Waals surface area contributed by atoms with E-state index in [0.29, 0.717) is 6.42 Å². The zero-order valence-electron chi connectivity index (χ0n) is 10.6. The van der Waals surface area contributed by atoms with Gasteiger partial charge in [-0.3, -0.25) is 4.79 Å². The van der Waals surface area contributed by atoms with E-state index in [1.165, 1.54) is 31.3 Å². The average Bonchev–Trinajstić information content (AvgIpc) is 2.53. The molecule has 0 bridgehead atoms. The Morgan fingerprint density at radius 2 is 2.19 bits per heavy atom. The smallest absolute Gasteiger partial charge is 0.304 e. The summed E-state index contributed by atoms with van der Waals surface area (Å²) in [5, 5.41) is 8.94. The SMILES string of the molecule is CCCCCCC1=CCC[C@]1(C)CC(=O)O. The number of allylic oxidation sites excluding steroid dienone is 2. The Morgan fingerprint density at radius 1 is 1.44 bits per heavy atom. The number of unbranched alkanes of at least 4 members (excludes halogenated alkanes) is 3. The molecule has 1 aliphatic carbocycles. The van der Waals surface area contributed by atoms with Crippen LogP contribution in [0.1, 0.15) is 65.2 Å². The topological polar surface area (TPSA) is 37.3 Å². The largest absolute Gasteiger partial charge is 0.481 e. The van der Waals surface area contributed by atoms with Crippen LogP contribution < -0.4 is 0 Å². The van der Waals surface area contributed by atoms with Crippen molar-refractivity contribution in [3.8, 4) is 0 Å². The number of carboxylic acid groups (broad SMARTS) is 1. The van der Waals surface area contributed by atoms with Crippen molar-refractivity contribution in [1.29, 1.82) is 0 Å². The minimum absolute atomic E-state index is 0.0575. The number of rotatable bonds is 7. The van der Waals surface area contributed by atoms with E-state index in [1.807, 2.05) is 0 Å². The Labute approximate surface area is 98.7 Å². The van der Waals surface area contributed by atoms with E-state index >= 15 is 0 Å². The summed E-state index contributed by atoms with van der Waals surface area (Å²) in [6, 6.07) is 0. The highest BCUT2D eigenvalue weighted by molar-refractivity contribution is 5.68. The molecule has 0 unspecified atom stereocenters.